The Morgan fingerprint density at radius 2 is 2.12 bits per heavy atom. The lowest BCUT2D eigenvalue weighted by Crippen LogP contribution is -2.40. The molecule has 1 aromatic carbocycles. The van der Waals surface area contributed by atoms with Crippen molar-refractivity contribution in [2.75, 3.05) is 13.1 Å². The summed E-state index contributed by atoms with van der Waals surface area (Å²) in [7, 11) is 0. The minimum absolute atomic E-state index is 0.152. The van der Waals surface area contributed by atoms with Crippen LogP contribution >= 0.6 is 15.9 Å². The van der Waals surface area contributed by atoms with Gasteiger partial charge in [-0.3, -0.25) is 4.99 Å². The molecule has 2 rings (SSSR count). The van der Waals surface area contributed by atoms with E-state index in [1.165, 1.54) is 5.56 Å². The van der Waals surface area contributed by atoms with E-state index in [1.807, 2.05) is 6.07 Å². The topological polar surface area (TPSA) is 67.1 Å². The summed E-state index contributed by atoms with van der Waals surface area (Å²) in [5.74, 6) is 1.85. The molecule has 0 fully saturated rings. The molecule has 2 N–H and O–H groups in total. The number of aliphatic imine (C=N–C) groups is 1. The summed E-state index contributed by atoms with van der Waals surface area (Å²) < 4.78 is 3.18. The third-order valence-electron chi connectivity index (χ3n) is 4.16. The summed E-state index contributed by atoms with van der Waals surface area (Å²) in [5, 5.41) is 15.1. The van der Waals surface area contributed by atoms with Gasteiger partial charge in [0.25, 0.3) is 0 Å². The molecule has 6 nitrogen and oxygen atoms in total. The Kier molecular flexibility index (Phi) is 8.61. The second-order valence-electron chi connectivity index (χ2n) is 6.19. The highest BCUT2D eigenvalue weighted by Gasteiger charge is 2.11. The second kappa shape index (κ2) is 11.0. The number of rotatable bonds is 9. The number of nitrogens with one attached hydrogen (secondary N) is 2. The maximum Gasteiger partial charge on any atom is 0.191 e. The largest absolute Gasteiger partial charge is 0.355 e. The van der Waals surface area contributed by atoms with Crippen LogP contribution in [0, 0.1) is 0 Å². The Morgan fingerprint density at radius 3 is 2.85 bits per heavy atom. The van der Waals surface area contributed by atoms with E-state index in [4.69, 9.17) is 4.99 Å². The van der Waals surface area contributed by atoms with E-state index in [2.05, 4.69) is 80.3 Å². The molecule has 2 aromatic rings. The van der Waals surface area contributed by atoms with Crippen molar-refractivity contribution in [2.24, 2.45) is 4.99 Å². The van der Waals surface area contributed by atoms with Crippen LogP contribution in [-0.4, -0.2) is 33.8 Å². The van der Waals surface area contributed by atoms with Crippen LogP contribution in [-0.2, 0) is 13.0 Å². The number of unbranched alkanes of at least 4 members (excludes halogenated alkanes) is 1. The lowest BCUT2D eigenvalue weighted by Gasteiger charge is -2.20. The predicted octanol–water partition coefficient (Wildman–Crippen LogP) is 3.70. The molecule has 0 aliphatic rings. The molecule has 0 radical (unpaired) electrons. The highest BCUT2D eigenvalue weighted by molar-refractivity contribution is 9.10. The number of hydrogen-bond acceptors (Lipinski definition) is 3. The number of benzene rings is 1. The van der Waals surface area contributed by atoms with E-state index in [-0.39, 0.29) is 6.04 Å². The van der Waals surface area contributed by atoms with Crippen LogP contribution in [0.4, 0.5) is 0 Å². The van der Waals surface area contributed by atoms with Crippen LogP contribution in [0.3, 0.4) is 0 Å². The Labute approximate surface area is 164 Å². The lowest BCUT2D eigenvalue weighted by molar-refractivity contribution is 0.617. The molecule has 1 atom stereocenters. The van der Waals surface area contributed by atoms with Crippen LogP contribution in [0.2, 0.25) is 0 Å². The Hall–Kier alpha value is -1.89. The fraction of sp³-hybridized carbons (Fsp3) is 0.526. The lowest BCUT2D eigenvalue weighted by atomic mass is 10.1. The third kappa shape index (κ3) is 6.12. The zero-order valence-corrected chi connectivity index (χ0v) is 17.5. The van der Waals surface area contributed by atoms with Gasteiger partial charge in [-0.2, -0.15) is 0 Å². The molecular weight excluding hydrogens is 392 g/mol. The maximum atomic E-state index is 4.71. The average Bonchev–Trinajstić information content (AvgIpc) is 3.09. The van der Waals surface area contributed by atoms with Gasteiger partial charge < -0.3 is 15.2 Å². The van der Waals surface area contributed by atoms with E-state index in [0.717, 1.165) is 55.2 Å². The third-order valence-corrected chi connectivity index (χ3v) is 4.89. The molecule has 0 amide bonds. The van der Waals surface area contributed by atoms with Gasteiger partial charge >= 0.3 is 0 Å². The van der Waals surface area contributed by atoms with Gasteiger partial charge in [0.05, 0.1) is 6.04 Å². The van der Waals surface area contributed by atoms with Gasteiger partial charge in [-0.05, 0) is 25.0 Å². The summed E-state index contributed by atoms with van der Waals surface area (Å²) in [6, 6.07) is 8.42. The molecule has 26 heavy (non-hydrogen) atoms. The van der Waals surface area contributed by atoms with Crippen LogP contribution in [0.1, 0.15) is 51.0 Å². The predicted molar refractivity (Wildman–Crippen MR) is 110 cm³/mol. The molecule has 1 aromatic heterocycles. The fourth-order valence-electron chi connectivity index (χ4n) is 2.64. The van der Waals surface area contributed by atoms with Crippen LogP contribution in [0.15, 0.2) is 40.1 Å². The van der Waals surface area contributed by atoms with Gasteiger partial charge in [0.1, 0.15) is 12.2 Å². The number of aromatic nitrogens is 3. The van der Waals surface area contributed by atoms with Gasteiger partial charge in [0, 0.05) is 30.5 Å². The first kappa shape index (κ1) is 20.4. The van der Waals surface area contributed by atoms with Crippen LogP contribution < -0.4 is 10.6 Å². The molecule has 7 heteroatoms. The first-order chi connectivity index (χ1) is 12.7. The molecule has 0 saturated carbocycles. The SMILES string of the molecule is CCCCN=C(NCCn1cnnc1CC)NC(C)c1ccccc1Br. The molecule has 1 unspecified atom stereocenters. The monoisotopic (exact) mass is 420 g/mol. The van der Waals surface area contributed by atoms with E-state index < -0.39 is 0 Å². The fourth-order valence-corrected chi connectivity index (χ4v) is 3.27. The van der Waals surface area contributed by atoms with Gasteiger partial charge in [-0.15, -0.1) is 10.2 Å². The number of halogens is 1. The van der Waals surface area contributed by atoms with Crippen molar-refractivity contribution in [2.45, 2.75) is 52.6 Å². The first-order valence-corrected chi connectivity index (χ1v) is 10.1. The summed E-state index contributed by atoms with van der Waals surface area (Å²) in [4.78, 5) is 4.71. The quantitative estimate of drug-likeness (QED) is 0.368. The molecule has 0 spiro atoms. The van der Waals surface area contributed by atoms with Gasteiger partial charge in [-0.25, -0.2) is 0 Å². The van der Waals surface area contributed by atoms with Crippen molar-refractivity contribution in [3.63, 3.8) is 0 Å². The van der Waals surface area contributed by atoms with Crippen molar-refractivity contribution in [1.29, 1.82) is 0 Å². The highest BCUT2D eigenvalue weighted by Crippen LogP contribution is 2.22. The second-order valence-corrected chi connectivity index (χ2v) is 7.05. The highest BCUT2D eigenvalue weighted by atomic mass is 79.9. The van der Waals surface area contributed by atoms with Gasteiger partial charge in [-0.1, -0.05) is 54.4 Å². The van der Waals surface area contributed by atoms with E-state index in [1.54, 1.807) is 6.33 Å². The molecule has 0 aliphatic carbocycles. The van der Waals surface area contributed by atoms with Crippen molar-refractivity contribution >= 4 is 21.9 Å². The van der Waals surface area contributed by atoms with Crippen molar-refractivity contribution in [1.82, 2.24) is 25.4 Å². The zero-order valence-electron chi connectivity index (χ0n) is 15.9. The van der Waals surface area contributed by atoms with E-state index in [0.29, 0.717) is 0 Å². The summed E-state index contributed by atoms with van der Waals surface area (Å²) in [6.07, 6.45) is 4.89. The average molecular weight is 421 g/mol. The van der Waals surface area contributed by atoms with Crippen molar-refractivity contribution < 1.29 is 0 Å². The summed E-state index contributed by atoms with van der Waals surface area (Å²) >= 11 is 3.63. The van der Waals surface area contributed by atoms with Gasteiger partial charge in [0.15, 0.2) is 5.96 Å². The normalized spacial score (nSPS) is 12.8. The molecule has 0 bridgehead atoms. The van der Waals surface area contributed by atoms with Crippen molar-refractivity contribution in [3.05, 3.63) is 46.5 Å². The standard InChI is InChI=1S/C19H29BrN6/c1-4-6-11-21-19(22-12-13-26-14-23-25-18(26)5-2)24-15(3)16-9-7-8-10-17(16)20/h7-10,14-15H,4-6,11-13H2,1-3H3,(H2,21,22,24). The minimum atomic E-state index is 0.152. The van der Waals surface area contributed by atoms with Gasteiger partial charge in [0.2, 0.25) is 0 Å². The zero-order chi connectivity index (χ0) is 18.8. The smallest absolute Gasteiger partial charge is 0.191 e. The molecule has 0 aliphatic heterocycles. The first-order valence-electron chi connectivity index (χ1n) is 9.31. The minimum Gasteiger partial charge on any atom is -0.355 e. The Balaban J connectivity index is 1.97. The molecule has 1 heterocycles. The van der Waals surface area contributed by atoms with Crippen LogP contribution in [0.25, 0.3) is 0 Å². The van der Waals surface area contributed by atoms with E-state index >= 15 is 0 Å². The summed E-state index contributed by atoms with van der Waals surface area (Å²) in [5.41, 5.74) is 1.21. The molecule has 142 valence electrons. The van der Waals surface area contributed by atoms with E-state index in [9.17, 15) is 0 Å². The molecule has 0 saturated heterocycles. The Morgan fingerprint density at radius 1 is 1.31 bits per heavy atom. The number of hydrogen-bond donors (Lipinski definition) is 2. The number of nitrogens with zero attached hydrogens (tertiary/aromatic N) is 4. The maximum absolute atomic E-state index is 4.71. The number of aryl methyl sites for hydroxylation is 1. The number of guanidine groups is 1. The summed E-state index contributed by atoms with van der Waals surface area (Å²) in [6.45, 7) is 8.82. The van der Waals surface area contributed by atoms with Crippen molar-refractivity contribution in [3.8, 4) is 0 Å². The van der Waals surface area contributed by atoms with Crippen LogP contribution in [0.5, 0.6) is 0 Å². The molecular formula is C19H29BrN6. The Bertz CT molecular complexity index is 697.